The SMILES string of the molecule is N#Cc1ccc(C(=O)N2CCC(n3cc(-c4nc(C5CC5)no4)nn3)CC2)cc1. The molecule has 29 heavy (non-hydrogen) atoms. The first-order valence-corrected chi connectivity index (χ1v) is 9.76. The van der Waals surface area contributed by atoms with E-state index in [1.165, 1.54) is 0 Å². The van der Waals surface area contributed by atoms with Crippen LogP contribution >= 0.6 is 0 Å². The molecule has 9 nitrogen and oxygen atoms in total. The molecule has 0 spiro atoms. The topological polar surface area (TPSA) is 114 Å². The molecule has 2 aromatic heterocycles. The normalized spacial score (nSPS) is 17.3. The molecule has 1 saturated carbocycles. The molecule has 0 bridgehead atoms. The molecule has 0 N–H and O–H groups in total. The fraction of sp³-hybridized carbons (Fsp3) is 0.400. The fourth-order valence-corrected chi connectivity index (χ4v) is 3.60. The Morgan fingerprint density at radius 3 is 2.59 bits per heavy atom. The second kappa shape index (κ2) is 7.13. The fourth-order valence-electron chi connectivity index (χ4n) is 3.60. The van der Waals surface area contributed by atoms with Crippen LogP contribution in [0.1, 0.15) is 59.4 Å². The molecule has 5 rings (SSSR count). The monoisotopic (exact) mass is 389 g/mol. The average Bonchev–Trinajstić information content (AvgIpc) is 3.30. The van der Waals surface area contributed by atoms with Crippen molar-refractivity contribution in [3.63, 3.8) is 0 Å². The Bertz CT molecular complexity index is 1070. The number of carbonyl (C=O) groups is 1. The number of hydrogen-bond donors (Lipinski definition) is 0. The molecule has 1 amide bonds. The van der Waals surface area contributed by atoms with Gasteiger partial charge in [-0.2, -0.15) is 10.2 Å². The maximum atomic E-state index is 12.7. The van der Waals surface area contributed by atoms with Crippen LogP contribution < -0.4 is 0 Å². The van der Waals surface area contributed by atoms with E-state index in [1.54, 1.807) is 24.3 Å². The molecule has 2 fully saturated rings. The summed E-state index contributed by atoms with van der Waals surface area (Å²) < 4.78 is 7.15. The van der Waals surface area contributed by atoms with Crippen molar-refractivity contribution >= 4 is 5.91 Å². The van der Waals surface area contributed by atoms with E-state index in [9.17, 15) is 4.79 Å². The molecule has 2 aliphatic rings. The van der Waals surface area contributed by atoms with Crippen LogP contribution in [0.25, 0.3) is 11.6 Å². The van der Waals surface area contributed by atoms with Gasteiger partial charge in [-0.25, -0.2) is 4.68 Å². The summed E-state index contributed by atoms with van der Waals surface area (Å²) in [7, 11) is 0. The number of nitriles is 1. The lowest BCUT2D eigenvalue weighted by atomic mass is 10.0. The van der Waals surface area contributed by atoms with E-state index in [0.717, 1.165) is 31.5 Å². The van der Waals surface area contributed by atoms with Crippen LogP contribution in [0, 0.1) is 11.3 Å². The smallest absolute Gasteiger partial charge is 0.280 e. The van der Waals surface area contributed by atoms with Gasteiger partial charge >= 0.3 is 0 Å². The first-order valence-electron chi connectivity index (χ1n) is 9.76. The number of carbonyl (C=O) groups excluding carboxylic acids is 1. The number of hydrogen-bond acceptors (Lipinski definition) is 7. The standard InChI is InChI=1S/C20H19N7O2/c21-11-13-1-3-15(4-2-13)20(28)26-9-7-16(8-10-26)27-12-17(23-25-27)19-22-18(24-29-19)14-5-6-14/h1-4,12,14,16H,5-10H2. The lowest BCUT2D eigenvalue weighted by Crippen LogP contribution is -2.39. The molecule has 0 radical (unpaired) electrons. The largest absolute Gasteiger partial charge is 0.338 e. The predicted octanol–water partition coefficient (Wildman–Crippen LogP) is 2.55. The van der Waals surface area contributed by atoms with Gasteiger partial charge in [0.2, 0.25) is 0 Å². The summed E-state index contributed by atoms with van der Waals surface area (Å²) in [5.74, 6) is 1.59. The second-order valence-corrected chi connectivity index (χ2v) is 7.53. The van der Waals surface area contributed by atoms with Gasteiger partial charge in [0.1, 0.15) is 0 Å². The van der Waals surface area contributed by atoms with Gasteiger partial charge in [0.25, 0.3) is 11.8 Å². The minimum Gasteiger partial charge on any atom is -0.338 e. The van der Waals surface area contributed by atoms with Crippen molar-refractivity contribution in [1.29, 1.82) is 5.26 Å². The summed E-state index contributed by atoms with van der Waals surface area (Å²) >= 11 is 0. The molecule has 3 aromatic rings. The Labute approximate surface area is 166 Å². The summed E-state index contributed by atoms with van der Waals surface area (Å²) in [6.07, 6.45) is 5.66. The van der Waals surface area contributed by atoms with Crippen molar-refractivity contribution in [2.75, 3.05) is 13.1 Å². The molecule has 146 valence electrons. The number of aromatic nitrogens is 5. The third kappa shape index (κ3) is 3.49. The summed E-state index contributed by atoms with van der Waals surface area (Å²) in [5.41, 5.74) is 1.74. The van der Waals surface area contributed by atoms with Crippen molar-refractivity contribution in [2.45, 2.75) is 37.6 Å². The predicted molar refractivity (Wildman–Crippen MR) is 101 cm³/mol. The van der Waals surface area contributed by atoms with E-state index in [4.69, 9.17) is 9.78 Å². The Morgan fingerprint density at radius 2 is 1.90 bits per heavy atom. The van der Waals surface area contributed by atoms with E-state index in [-0.39, 0.29) is 11.9 Å². The third-order valence-corrected chi connectivity index (χ3v) is 5.50. The quantitative estimate of drug-likeness (QED) is 0.673. The van der Waals surface area contributed by atoms with Crippen LogP contribution in [-0.2, 0) is 0 Å². The highest BCUT2D eigenvalue weighted by Crippen LogP contribution is 2.38. The van der Waals surface area contributed by atoms with Gasteiger partial charge in [0.05, 0.1) is 23.9 Å². The highest BCUT2D eigenvalue weighted by molar-refractivity contribution is 5.94. The third-order valence-electron chi connectivity index (χ3n) is 5.50. The first-order chi connectivity index (χ1) is 14.2. The van der Waals surface area contributed by atoms with Gasteiger partial charge in [-0.3, -0.25) is 4.79 Å². The molecule has 1 aliphatic carbocycles. The first kappa shape index (κ1) is 17.6. The Morgan fingerprint density at radius 1 is 1.14 bits per heavy atom. The second-order valence-electron chi connectivity index (χ2n) is 7.53. The molecule has 1 aliphatic heterocycles. The average molecular weight is 389 g/mol. The number of benzene rings is 1. The van der Waals surface area contributed by atoms with E-state index in [0.29, 0.717) is 41.7 Å². The van der Waals surface area contributed by atoms with Crippen LogP contribution in [0.2, 0.25) is 0 Å². The number of amides is 1. The number of piperidine rings is 1. The zero-order valence-corrected chi connectivity index (χ0v) is 15.7. The van der Waals surface area contributed by atoms with Gasteiger partial charge in [-0.1, -0.05) is 10.4 Å². The number of rotatable bonds is 4. The molecular weight excluding hydrogens is 370 g/mol. The molecular formula is C20H19N7O2. The van der Waals surface area contributed by atoms with Gasteiger partial charge in [-0.15, -0.1) is 5.10 Å². The lowest BCUT2D eigenvalue weighted by molar-refractivity contribution is 0.0689. The van der Waals surface area contributed by atoms with Crippen molar-refractivity contribution < 1.29 is 9.32 Å². The van der Waals surface area contributed by atoms with Crippen molar-refractivity contribution in [1.82, 2.24) is 30.0 Å². The summed E-state index contributed by atoms with van der Waals surface area (Å²) in [5, 5.41) is 21.3. The Hall–Kier alpha value is -3.54. The van der Waals surface area contributed by atoms with Crippen LogP contribution in [0.15, 0.2) is 35.0 Å². The van der Waals surface area contributed by atoms with Crippen LogP contribution in [-0.4, -0.2) is 49.0 Å². The van der Waals surface area contributed by atoms with Gasteiger partial charge < -0.3 is 9.42 Å². The van der Waals surface area contributed by atoms with E-state index in [1.807, 2.05) is 15.8 Å². The van der Waals surface area contributed by atoms with Gasteiger partial charge in [0.15, 0.2) is 11.5 Å². The molecule has 0 atom stereocenters. The number of likely N-dealkylation sites (tertiary alicyclic amines) is 1. The lowest BCUT2D eigenvalue weighted by Gasteiger charge is -2.31. The Balaban J connectivity index is 1.22. The summed E-state index contributed by atoms with van der Waals surface area (Å²) in [6, 6.07) is 8.99. The maximum Gasteiger partial charge on any atom is 0.280 e. The van der Waals surface area contributed by atoms with E-state index in [2.05, 4.69) is 26.5 Å². The molecule has 1 aromatic carbocycles. The van der Waals surface area contributed by atoms with Crippen molar-refractivity contribution in [3.8, 4) is 17.7 Å². The van der Waals surface area contributed by atoms with Crippen LogP contribution in [0.3, 0.4) is 0 Å². The van der Waals surface area contributed by atoms with Gasteiger partial charge in [0, 0.05) is 24.6 Å². The van der Waals surface area contributed by atoms with E-state index >= 15 is 0 Å². The van der Waals surface area contributed by atoms with Gasteiger partial charge in [-0.05, 0) is 49.9 Å². The summed E-state index contributed by atoms with van der Waals surface area (Å²) in [4.78, 5) is 18.9. The highest BCUT2D eigenvalue weighted by Gasteiger charge is 2.30. The van der Waals surface area contributed by atoms with Crippen LogP contribution in [0.4, 0.5) is 0 Å². The van der Waals surface area contributed by atoms with Crippen LogP contribution in [0.5, 0.6) is 0 Å². The van der Waals surface area contributed by atoms with Crippen molar-refractivity contribution in [3.05, 3.63) is 47.4 Å². The maximum absolute atomic E-state index is 12.7. The highest BCUT2D eigenvalue weighted by atomic mass is 16.5. The van der Waals surface area contributed by atoms with Crippen molar-refractivity contribution in [2.24, 2.45) is 0 Å². The molecule has 0 unspecified atom stereocenters. The molecule has 3 heterocycles. The molecule has 1 saturated heterocycles. The minimum absolute atomic E-state index is 0.00863. The summed E-state index contributed by atoms with van der Waals surface area (Å²) in [6.45, 7) is 1.29. The zero-order valence-electron chi connectivity index (χ0n) is 15.7. The Kier molecular flexibility index (Phi) is 4.31. The molecule has 9 heteroatoms. The number of nitrogens with zero attached hydrogens (tertiary/aromatic N) is 7. The zero-order chi connectivity index (χ0) is 19.8. The minimum atomic E-state index is -0.00863. The van der Waals surface area contributed by atoms with E-state index < -0.39 is 0 Å².